The van der Waals surface area contributed by atoms with Crippen molar-refractivity contribution >= 4 is 23.0 Å². The number of ether oxygens (including phenoxy) is 1. The summed E-state index contributed by atoms with van der Waals surface area (Å²) in [6, 6.07) is 4.99. The highest BCUT2D eigenvalue weighted by atomic mass is 35.5. The summed E-state index contributed by atoms with van der Waals surface area (Å²) in [5, 5.41) is 11.3. The van der Waals surface area contributed by atoms with Crippen LogP contribution in [0.15, 0.2) is 18.2 Å². The van der Waals surface area contributed by atoms with E-state index in [1.807, 2.05) is 4.90 Å². The van der Waals surface area contributed by atoms with Crippen molar-refractivity contribution in [3.8, 4) is 0 Å². The fourth-order valence-corrected chi connectivity index (χ4v) is 2.13. The zero-order chi connectivity index (χ0) is 14.4. The summed E-state index contributed by atoms with van der Waals surface area (Å²) in [5.74, 6) is 0.385. The molecule has 106 valence electrons. The summed E-state index contributed by atoms with van der Waals surface area (Å²) in [6.07, 6.45) is 0. The van der Waals surface area contributed by atoms with Crippen molar-refractivity contribution in [3.05, 3.63) is 33.3 Å². The smallest absolute Gasteiger partial charge is 0.310 e. The van der Waals surface area contributed by atoms with Crippen LogP contribution < -0.4 is 4.90 Å². The number of anilines is 1. The lowest BCUT2D eigenvalue weighted by atomic mass is 10.1. The van der Waals surface area contributed by atoms with E-state index in [2.05, 4.69) is 13.8 Å². The molecule has 5 nitrogen and oxygen atoms in total. The quantitative estimate of drug-likeness (QED) is 0.570. The van der Waals surface area contributed by atoms with Crippen LogP contribution in [-0.4, -0.2) is 31.7 Å². The standard InChI is InChI=1S/C13H19ClN2O3/c1-10(2)9-15(7-8-19-3)12-6-4-5-11(14)13(12)16(17)18/h4-6,10H,7-9H2,1-3H3. The molecule has 0 aliphatic carbocycles. The molecule has 0 heterocycles. The molecule has 1 aromatic carbocycles. The second-order valence-electron chi connectivity index (χ2n) is 4.70. The predicted octanol–water partition coefficient (Wildman–Crippen LogP) is 3.36. The number of rotatable bonds is 7. The molecule has 6 heteroatoms. The molecular formula is C13H19ClN2O3. The van der Waals surface area contributed by atoms with Crippen molar-refractivity contribution in [1.29, 1.82) is 0 Å². The van der Waals surface area contributed by atoms with Gasteiger partial charge in [0.2, 0.25) is 0 Å². The van der Waals surface area contributed by atoms with Gasteiger partial charge in [-0.1, -0.05) is 31.5 Å². The number of nitro groups is 1. The van der Waals surface area contributed by atoms with E-state index in [4.69, 9.17) is 16.3 Å². The monoisotopic (exact) mass is 286 g/mol. The number of methoxy groups -OCH3 is 1. The van der Waals surface area contributed by atoms with Gasteiger partial charge in [0.15, 0.2) is 0 Å². The second-order valence-corrected chi connectivity index (χ2v) is 5.10. The van der Waals surface area contributed by atoms with Crippen LogP contribution in [0.1, 0.15) is 13.8 Å². The summed E-state index contributed by atoms with van der Waals surface area (Å²) in [5.41, 5.74) is 0.504. The molecule has 0 aromatic heterocycles. The molecule has 0 N–H and O–H groups in total. The summed E-state index contributed by atoms with van der Waals surface area (Å²) < 4.78 is 5.06. The lowest BCUT2D eigenvalue weighted by Crippen LogP contribution is -2.31. The Labute approximate surface area is 118 Å². The fraction of sp³-hybridized carbons (Fsp3) is 0.538. The van der Waals surface area contributed by atoms with Crippen LogP contribution >= 0.6 is 11.6 Å². The Hall–Kier alpha value is -1.33. The molecule has 0 radical (unpaired) electrons. The second kappa shape index (κ2) is 7.31. The van der Waals surface area contributed by atoms with E-state index >= 15 is 0 Å². The molecule has 0 unspecified atom stereocenters. The molecule has 0 amide bonds. The van der Waals surface area contributed by atoms with Crippen LogP contribution in [0.2, 0.25) is 5.02 Å². The lowest BCUT2D eigenvalue weighted by Gasteiger charge is -2.26. The Kier molecular flexibility index (Phi) is 6.05. The topological polar surface area (TPSA) is 55.6 Å². The van der Waals surface area contributed by atoms with Gasteiger partial charge in [0.1, 0.15) is 10.7 Å². The number of para-hydroxylation sites is 1. The Morgan fingerprint density at radius 2 is 2.16 bits per heavy atom. The van der Waals surface area contributed by atoms with Gasteiger partial charge in [-0.15, -0.1) is 0 Å². The highest BCUT2D eigenvalue weighted by molar-refractivity contribution is 6.33. The largest absolute Gasteiger partial charge is 0.383 e. The van der Waals surface area contributed by atoms with Crippen LogP contribution in [0, 0.1) is 16.0 Å². The Morgan fingerprint density at radius 3 is 2.68 bits per heavy atom. The Bertz CT molecular complexity index is 438. The maximum atomic E-state index is 11.2. The minimum atomic E-state index is -0.433. The predicted molar refractivity (Wildman–Crippen MR) is 77.0 cm³/mol. The van der Waals surface area contributed by atoms with Crippen LogP contribution in [-0.2, 0) is 4.74 Å². The highest BCUT2D eigenvalue weighted by Gasteiger charge is 2.23. The first kappa shape index (κ1) is 15.7. The Balaban J connectivity index is 3.13. The number of nitro benzene ring substituents is 1. The molecule has 0 atom stereocenters. The van der Waals surface area contributed by atoms with Gasteiger partial charge in [0.25, 0.3) is 0 Å². The van der Waals surface area contributed by atoms with Gasteiger partial charge >= 0.3 is 5.69 Å². The first-order valence-corrected chi connectivity index (χ1v) is 6.52. The lowest BCUT2D eigenvalue weighted by molar-refractivity contribution is -0.384. The van der Waals surface area contributed by atoms with Crippen LogP contribution in [0.4, 0.5) is 11.4 Å². The molecule has 0 bridgehead atoms. The van der Waals surface area contributed by atoms with Crippen molar-refractivity contribution < 1.29 is 9.66 Å². The van der Waals surface area contributed by atoms with Crippen molar-refractivity contribution in [2.75, 3.05) is 31.7 Å². The SMILES string of the molecule is COCCN(CC(C)C)c1cccc(Cl)c1[N+](=O)[O-]. The molecule has 0 fully saturated rings. The van der Waals surface area contributed by atoms with Crippen LogP contribution in [0.3, 0.4) is 0 Å². The number of hydrogen-bond donors (Lipinski definition) is 0. The maximum absolute atomic E-state index is 11.2. The van der Waals surface area contributed by atoms with E-state index in [0.29, 0.717) is 31.3 Å². The first-order chi connectivity index (χ1) is 8.97. The summed E-state index contributed by atoms with van der Waals surface area (Å²) in [4.78, 5) is 12.7. The van der Waals surface area contributed by atoms with E-state index in [1.54, 1.807) is 19.2 Å². The van der Waals surface area contributed by atoms with Crippen molar-refractivity contribution in [2.45, 2.75) is 13.8 Å². The van der Waals surface area contributed by atoms with Crippen LogP contribution in [0.5, 0.6) is 0 Å². The number of halogens is 1. The van der Waals surface area contributed by atoms with Gasteiger partial charge in [0.05, 0.1) is 11.5 Å². The van der Waals surface area contributed by atoms with Gasteiger partial charge in [-0.3, -0.25) is 10.1 Å². The molecule has 1 aromatic rings. The van der Waals surface area contributed by atoms with Gasteiger partial charge in [0, 0.05) is 20.2 Å². The number of nitrogens with zero attached hydrogens (tertiary/aromatic N) is 2. The molecule has 0 aliphatic rings. The van der Waals surface area contributed by atoms with E-state index in [0.717, 1.165) is 0 Å². The van der Waals surface area contributed by atoms with Gasteiger partial charge in [-0.25, -0.2) is 0 Å². The minimum Gasteiger partial charge on any atom is -0.383 e. The molecule has 0 aliphatic heterocycles. The molecule has 0 saturated carbocycles. The number of hydrogen-bond acceptors (Lipinski definition) is 4. The van der Waals surface area contributed by atoms with Gasteiger partial charge < -0.3 is 9.64 Å². The average molecular weight is 287 g/mol. The maximum Gasteiger partial charge on any atom is 0.310 e. The third-order valence-corrected chi connectivity index (χ3v) is 2.94. The Morgan fingerprint density at radius 1 is 1.47 bits per heavy atom. The van der Waals surface area contributed by atoms with Gasteiger partial charge in [-0.2, -0.15) is 0 Å². The van der Waals surface area contributed by atoms with E-state index in [1.165, 1.54) is 6.07 Å². The third kappa shape index (κ3) is 4.36. The normalized spacial score (nSPS) is 10.8. The molecule has 0 spiro atoms. The van der Waals surface area contributed by atoms with Crippen molar-refractivity contribution in [1.82, 2.24) is 0 Å². The minimum absolute atomic E-state index is 0.0408. The molecule has 0 saturated heterocycles. The summed E-state index contributed by atoms with van der Waals surface area (Å²) in [6.45, 7) is 5.95. The zero-order valence-corrected chi connectivity index (χ0v) is 12.2. The average Bonchev–Trinajstić information content (AvgIpc) is 2.33. The fourth-order valence-electron chi connectivity index (χ4n) is 1.89. The van der Waals surface area contributed by atoms with E-state index in [-0.39, 0.29) is 10.7 Å². The zero-order valence-electron chi connectivity index (χ0n) is 11.4. The van der Waals surface area contributed by atoms with Crippen molar-refractivity contribution in [2.24, 2.45) is 5.92 Å². The number of benzene rings is 1. The van der Waals surface area contributed by atoms with E-state index in [9.17, 15) is 10.1 Å². The molecule has 19 heavy (non-hydrogen) atoms. The summed E-state index contributed by atoms with van der Waals surface area (Å²) in [7, 11) is 1.61. The highest BCUT2D eigenvalue weighted by Crippen LogP contribution is 2.35. The molecule has 1 rings (SSSR count). The summed E-state index contributed by atoms with van der Waals surface area (Å²) >= 11 is 5.94. The van der Waals surface area contributed by atoms with Gasteiger partial charge in [-0.05, 0) is 18.1 Å². The van der Waals surface area contributed by atoms with Crippen molar-refractivity contribution in [3.63, 3.8) is 0 Å². The van der Waals surface area contributed by atoms with E-state index < -0.39 is 4.92 Å². The molecular weight excluding hydrogens is 268 g/mol. The first-order valence-electron chi connectivity index (χ1n) is 6.14. The third-order valence-electron chi connectivity index (χ3n) is 2.64. The van der Waals surface area contributed by atoms with Crippen LogP contribution in [0.25, 0.3) is 0 Å².